The molecule has 0 amide bonds. The van der Waals surface area contributed by atoms with Crippen LogP contribution in [0.25, 0.3) is 0 Å². The molecule has 0 heterocycles. The summed E-state index contributed by atoms with van der Waals surface area (Å²) in [5.41, 5.74) is 0. The molecule has 0 bridgehead atoms. The van der Waals surface area contributed by atoms with Crippen molar-refractivity contribution in [1.29, 1.82) is 0 Å². The first kappa shape index (κ1) is 6.14. The van der Waals surface area contributed by atoms with Crippen LogP contribution in [-0.4, -0.2) is 13.3 Å². The van der Waals surface area contributed by atoms with Crippen LogP contribution in [0.3, 0.4) is 0 Å². The average Bonchev–Trinajstić information content (AvgIpc) is 1.61. The van der Waals surface area contributed by atoms with Gasteiger partial charge in [0.05, 0.1) is 0 Å². The second-order valence-corrected chi connectivity index (χ2v) is 1.44. The number of halogens is 1. The fourth-order valence-corrected chi connectivity index (χ4v) is 0.304. The summed E-state index contributed by atoms with van der Waals surface area (Å²) in [6, 6.07) is 0. The Kier molecular flexibility index (Phi) is 5.26. The van der Waals surface area contributed by atoms with Gasteiger partial charge < -0.3 is 0 Å². The van der Waals surface area contributed by atoms with Gasteiger partial charge in [0.2, 0.25) is 0 Å². The molecule has 0 aromatic carbocycles. The van der Waals surface area contributed by atoms with E-state index in [0.29, 0.717) is 0 Å². The van der Waals surface area contributed by atoms with Crippen molar-refractivity contribution >= 4 is 28.8 Å². The van der Waals surface area contributed by atoms with Crippen LogP contribution in [0, 0.1) is 0 Å². The summed E-state index contributed by atoms with van der Waals surface area (Å²) in [7, 11) is 1.75. The predicted octanol–water partition coefficient (Wildman–Crippen LogP) is 1.64. The van der Waals surface area contributed by atoms with Crippen LogP contribution < -0.4 is 0 Å². The Morgan fingerprint density at radius 2 is 2.33 bits per heavy atom. The van der Waals surface area contributed by atoms with Gasteiger partial charge in [-0.05, 0) is 10.2 Å². The van der Waals surface area contributed by atoms with Crippen molar-refractivity contribution < 1.29 is 0 Å². The van der Waals surface area contributed by atoms with E-state index < -0.39 is 0 Å². The predicted molar refractivity (Wildman–Crippen MR) is 37.6 cm³/mol. The normalized spacial score (nSPS) is 11.7. The smallest absolute Gasteiger partial charge is 0.0277 e. The molecule has 0 rings (SSSR count). The molecule has 0 atom stereocenters. The van der Waals surface area contributed by atoms with Gasteiger partial charge in [0.15, 0.2) is 0 Å². The lowest BCUT2D eigenvalue weighted by Gasteiger charge is -1.62. The van der Waals surface area contributed by atoms with Gasteiger partial charge in [-0.1, -0.05) is 22.6 Å². The Balaban J connectivity index is 3.07. The monoisotopic (exact) mass is 195 g/mol. The largest absolute Gasteiger partial charge is 0.296 e. The molecule has 0 saturated heterocycles. The van der Waals surface area contributed by atoms with Gasteiger partial charge in [0.25, 0.3) is 0 Å². The molecular weight excluding hydrogens is 189 g/mol. The van der Waals surface area contributed by atoms with Gasteiger partial charge in [0.1, 0.15) is 0 Å². The molecule has 0 unspecified atom stereocenters. The third-order valence-corrected chi connectivity index (χ3v) is 0.723. The van der Waals surface area contributed by atoms with E-state index >= 15 is 0 Å². The second-order valence-electron chi connectivity index (χ2n) is 0.726. The van der Waals surface area contributed by atoms with E-state index in [1.807, 2.05) is 10.2 Å². The van der Waals surface area contributed by atoms with Crippen LogP contribution in [0.1, 0.15) is 0 Å². The van der Waals surface area contributed by atoms with Crippen LogP contribution in [0.15, 0.2) is 15.2 Å². The lowest BCUT2D eigenvalue weighted by atomic mass is 10.7. The third kappa shape index (κ3) is 4.14. The van der Waals surface area contributed by atoms with E-state index in [-0.39, 0.29) is 0 Å². The molecular formula is C4H6IN. The zero-order valence-corrected chi connectivity index (χ0v) is 5.71. The highest BCUT2D eigenvalue weighted by molar-refractivity contribution is 14.1. The van der Waals surface area contributed by atoms with E-state index in [9.17, 15) is 0 Å². The first-order chi connectivity index (χ1) is 2.91. The van der Waals surface area contributed by atoms with Crippen molar-refractivity contribution in [3.8, 4) is 0 Å². The number of allylic oxidation sites excluding steroid dienone is 1. The summed E-state index contributed by atoms with van der Waals surface area (Å²) in [6.45, 7) is 0. The summed E-state index contributed by atoms with van der Waals surface area (Å²) in [5, 5.41) is 0. The summed E-state index contributed by atoms with van der Waals surface area (Å²) in [6.07, 6.45) is 3.62. The minimum Gasteiger partial charge on any atom is -0.296 e. The minimum atomic E-state index is 1.74. The number of hydrogen-bond donors (Lipinski definition) is 0. The Morgan fingerprint density at radius 3 is 2.50 bits per heavy atom. The average molecular weight is 195 g/mol. The summed E-state index contributed by atoms with van der Waals surface area (Å²) < 4.78 is 1.91. The van der Waals surface area contributed by atoms with Gasteiger partial charge in [-0.3, -0.25) is 4.99 Å². The Bertz CT molecular complexity index is 55.9. The maximum Gasteiger partial charge on any atom is 0.0277 e. The van der Waals surface area contributed by atoms with Crippen molar-refractivity contribution in [2.24, 2.45) is 4.99 Å². The Hall–Kier alpha value is 0.140. The van der Waals surface area contributed by atoms with Gasteiger partial charge in [0, 0.05) is 13.3 Å². The molecule has 0 aliphatic rings. The second kappa shape index (κ2) is 5.14. The molecule has 0 spiro atoms. The van der Waals surface area contributed by atoms with E-state index in [4.69, 9.17) is 0 Å². The summed E-state index contributed by atoms with van der Waals surface area (Å²) in [5.74, 6) is 0. The number of hydrogen-bond acceptors (Lipinski definition) is 1. The minimum absolute atomic E-state index is 1.74. The summed E-state index contributed by atoms with van der Waals surface area (Å²) in [4.78, 5) is 3.71. The lowest BCUT2D eigenvalue weighted by molar-refractivity contribution is 1.48. The highest BCUT2D eigenvalue weighted by Crippen LogP contribution is 1.78. The zero-order valence-electron chi connectivity index (χ0n) is 3.56. The van der Waals surface area contributed by atoms with Gasteiger partial charge in [-0.25, -0.2) is 0 Å². The number of aliphatic imine (C=N–C) groups is 1. The maximum atomic E-state index is 3.71. The standard InChI is InChI=1S/C4H6IN/c1-6-4-2-3-5/h2-4H,1H3/b3-2-,6-4?. The molecule has 0 radical (unpaired) electrons. The molecule has 0 fully saturated rings. The van der Waals surface area contributed by atoms with Gasteiger partial charge in [-0.2, -0.15) is 0 Å². The highest BCUT2D eigenvalue weighted by atomic mass is 127. The molecule has 0 aromatic heterocycles. The van der Waals surface area contributed by atoms with Crippen molar-refractivity contribution in [3.05, 3.63) is 10.2 Å². The van der Waals surface area contributed by atoms with Crippen LogP contribution >= 0.6 is 22.6 Å². The van der Waals surface area contributed by atoms with E-state index in [0.717, 1.165) is 0 Å². The number of nitrogens with zero attached hydrogens (tertiary/aromatic N) is 1. The number of rotatable bonds is 1. The first-order valence-electron chi connectivity index (χ1n) is 1.59. The summed E-state index contributed by atoms with van der Waals surface area (Å²) >= 11 is 2.14. The van der Waals surface area contributed by atoms with E-state index in [1.165, 1.54) is 0 Å². The molecule has 0 aliphatic carbocycles. The van der Waals surface area contributed by atoms with Crippen LogP contribution in [0.5, 0.6) is 0 Å². The Labute approximate surface area is 51.3 Å². The molecule has 0 N–H and O–H groups in total. The fraction of sp³-hybridized carbons (Fsp3) is 0.250. The molecule has 1 nitrogen and oxygen atoms in total. The molecule has 34 valence electrons. The van der Waals surface area contributed by atoms with E-state index in [1.54, 1.807) is 13.3 Å². The van der Waals surface area contributed by atoms with Crippen molar-refractivity contribution in [2.75, 3.05) is 7.05 Å². The fourth-order valence-electron chi connectivity index (χ4n) is 0.119. The van der Waals surface area contributed by atoms with Gasteiger partial charge in [-0.15, -0.1) is 0 Å². The SMILES string of the molecule is CN=C/C=C\I. The topological polar surface area (TPSA) is 12.4 Å². The zero-order chi connectivity index (χ0) is 4.83. The highest BCUT2D eigenvalue weighted by Gasteiger charge is 1.50. The van der Waals surface area contributed by atoms with Crippen LogP contribution in [0.2, 0.25) is 0 Å². The maximum absolute atomic E-state index is 3.71. The molecule has 0 aliphatic heterocycles. The molecule has 0 aromatic rings. The molecule has 6 heavy (non-hydrogen) atoms. The van der Waals surface area contributed by atoms with Gasteiger partial charge >= 0.3 is 0 Å². The molecule has 0 saturated carbocycles. The first-order valence-corrected chi connectivity index (χ1v) is 2.84. The van der Waals surface area contributed by atoms with Crippen molar-refractivity contribution in [2.45, 2.75) is 0 Å². The van der Waals surface area contributed by atoms with Crippen LogP contribution in [-0.2, 0) is 0 Å². The van der Waals surface area contributed by atoms with Crippen LogP contribution in [0.4, 0.5) is 0 Å². The lowest BCUT2D eigenvalue weighted by Crippen LogP contribution is -1.55. The van der Waals surface area contributed by atoms with Crippen molar-refractivity contribution in [1.82, 2.24) is 0 Å². The van der Waals surface area contributed by atoms with E-state index in [2.05, 4.69) is 27.6 Å². The third-order valence-electron chi connectivity index (χ3n) is 0.308. The van der Waals surface area contributed by atoms with Crippen molar-refractivity contribution in [3.63, 3.8) is 0 Å². The Morgan fingerprint density at radius 1 is 1.67 bits per heavy atom. The molecule has 2 heteroatoms. The quantitative estimate of drug-likeness (QED) is 0.445.